The Hall–Kier alpha value is -3.12. The Morgan fingerprint density at radius 3 is 2.73 bits per heavy atom. The van der Waals surface area contributed by atoms with Gasteiger partial charge in [-0.25, -0.2) is 9.67 Å². The normalized spacial score (nSPS) is 12.5. The second kappa shape index (κ2) is 9.02. The zero-order valence-corrected chi connectivity index (χ0v) is 19.5. The molecule has 3 heterocycles. The first-order chi connectivity index (χ1) is 15.6. The van der Waals surface area contributed by atoms with Crippen LogP contribution in [-0.4, -0.2) is 47.2 Å². The molecule has 12 heteroatoms. The third-order valence-electron chi connectivity index (χ3n) is 4.87. The lowest BCUT2D eigenvalue weighted by atomic mass is 10.2. The second-order valence-electron chi connectivity index (χ2n) is 8.89. The van der Waals surface area contributed by atoms with E-state index in [0.717, 1.165) is 16.9 Å². The lowest BCUT2D eigenvalue weighted by molar-refractivity contribution is -0.115. The van der Waals surface area contributed by atoms with Gasteiger partial charge in [0, 0.05) is 31.8 Å². The van der Waals surface area contributed by atoms with Crippen LogP contribution in [0.5, 0.6) is 0 Å². The summed E-state index contributed by atoms with van der Waals surface area (Å²) in [5, 5.41) is 10.7. The summed E-state index contributed by atoms with van der Waals surface area (Å²) < 4.78 is 50.8. The first-order valence-corrected chi connectivity index (χ1v) is 14.1. The number of rotatable bonds is 9. The van der Waals surface area contributed by atoms with Gasteiger partial charge in [-0.05, 0) is 24.2 Å². The molecule has 33 heavy (non-hydrogen) atoms. The zero-order chi connectivity index (χ0) is 23.6. The van der Waals surface area contributed by atoms with Crippen LogP contribution in [-0.2, 0) is 11.5 Å². The third-order valence-corrected chi connectivity index (χ3v) is 6.57. The number of alkyl halides is 3. The molecule has 1 aromatic carbocycles. The number of ether oxygens (including phenoxy) is 1. The molecule has 0 aliphatic carbocycles. The topological polar surface area (TPSA) is 90.0 Å². The van der Waals surface area contributed by atoms with Crippen LogP contribution < -0.4 is 10.6 Å². The number of fused-ring (bicyclic) bond motifs is 2. The average molecular weight is 479 g/mol. The van der Waals surface area contributed by atoms with Crippen molar-refractivity contribution in [3.63, 3.8) is 0 Å². The van der Waals surface area contributed by atoms with Crippen LogP contribution >= 0.6 is 0 Å². The fraction of sp³-hybridized carbons (Fsp3) is 0.381. The van der Waals surface area contributed by atoms with Gasteiger partial charge in [0.2, 0.25) is 5.95 Å². The Labute approximate surface area is 189 Å². The van der Waals surface area contributed by atoms with Crippen molar-refractivity contribution in [3.8, 4) is 0 Å². The molecular formula is C21H25F3N6O2Si. The number of hydrogen-bond donors (Lipinski definition) is 2. The number of benzene rings is 1. The monoisotopic (exact) mass is 478 g/mol. The molecule has 0 amide bonds. The SMILES string of the molecule is C[Si](C)(C)CCOCn1ncc2ccc(Nc3nc(NCC(F)(F)F)c4occc4n3)cc21. The van der Waals surface area contributed by atoms with E-state index in [1.165, 1.54) is 6.26 Å². The Morgan fingerprint density at radius 2 is 1.97 bits per heavy atom. The zero-order valence-electron chi connectivity index (χ0n) is 18.5. The highest BCUT2D eigenvalue weighted by Crippen LogP contribution is 2.27. The molecule has 2 N–H and O–H groups in total. The predicted molar refractivity (Wildman–Crippen MR) is 123 cm³/mol. The maximum absolute atomic E-state index is 12.7. The number of nitrogens with zero attached hydrogens (tertiary/aromatic N) is 4. The molecule has 0 atom stereocenters. The highest BCUT2D eigenvalue weighted by Gasteiger charge is 2.27. The second-order valence-corrected chi connectivity index (χ2v) is 14.5. The molecule has 4 rings (SSSR count). The van der Waals surface area contributed by atoms with Gasteiger partial charge in [0.05, 0.1) is 18.0 Å². The minimum Gasteiger partial charge on any atom is -0.459 e. The van der Waals surface area contributed by atoms with Gasteiger partial charge in [-0.15, -0.1) is 0 Å². The summed E-state index contributed by atoms with van der Waals surface area (Å²) in [5.74, 6) is 0.108. The summed E-state index contributed by atoms with van der Waals surface area (Å²) in [5.41, 5.74) is 2.07. The Morgan fingerprint density at radius 1 is 1.15 bits per heavy atom. The Kier molecular flexibility index (Phi) is 6.30. The molecule has 3 aromatic heterocycles. The van der Waals surface area contributed by atoms with Gasteiger partial charge >= 0.3 is 6.18 Å². The van der Waals surface area contributed by atoms with Crippen molar-refractivity contribution < 1.29 is 22.3 Å². The molecular weight excluding hydrogens is 453 g/mol. The molecule has 0 aliphatic rings. The smallest absolute Gasteiger partial charge is 0.405 e. The van der Waals surface area contributed by atoms with Crippen LogP contribution in [0.2, 0.25) is 25.7 Å². The minimum atomic E-state index is -4.39. The van der Waals surface area contributed by atoms with Crippen molar-refractivity contribution in [2.75, 3.05) is 23.8 Å². The van der Waals surface area contributed by atoms with Crippen LogP contribution in [0.15, 0.2) is 41.1 Å². The van der Waals surface area contributed by atoms with Crippen molar-refractivity contribution in [2.45, 2.75) is 38.6 Å². The highest BCUT2D eigenvalue weighted by molar-refractivity contribution is 6.76. The molecule has 176 valence electrons. The van der Waals surface area contributed by atoms with Crippen LogP contribution in [0, 0.1) is 0 Å². The van der Waals surface area contributed by atoms with Gasteiger partial charge in [0.25, 0.3) is 0 Å². The van der Waals surface area contributed by atoms with Gasteiger partial charge in [0.1, 0.15) is 18.8 Å². The summed E-state index contributed by atoms with van der Waals surface area (Å²) in [6.07, 6.45) is -1.28. The van der Waals surface area contributed by atoms with Gasteiger partial charge in [-0.3, -0.25) is 0 Å². The lowest BCUT2D eigenvalue weighted by Crippen LogP contribution is -2.22. The standard InChI is InChI=1S/C21H25F3N6O2Si/c1-33(2,3)9-8-31-13-30-17-10-15(5-4-14(17)11-26-30)27-20-28-16-6-7-32-18(16)19(29-20)25-12-21(22,23)24/h4-7,10-11H,8-9,12-13H2,1-3H3,(H2,25,27,28,29). The van der Waals surface area contributed by atoms with Gasteiger partial charge in [-0.2, -0.15) is 23.3 Å². The molecule has 0 saturated heterocycles. The van der Waals surface area contributed by atoms with Crippen molar-refractivity contribution in [1.82, 2.24) is 19.7 Å². The first kappa shape index (κ1) is 23.0. The summed E-state index contributed by atoms with van der Waals surface area (Å²) in [6, 6.07) is 8.22. The quantitative estimate of drug-likeness (QED) is 0.239. The molecule has 0 saturated carbocycles. The fourth-order valence-electron chi connectivity index (χ4n) is 3.13. The first-order valence-electron chi connectivity index (χ1n) is 10.4. The molecule has 0 radical (unpaired) electrons. The van der Waals surface area contributed by atoms with Gasteiger partial charge in [0.15, 0.2) is 11.4 Å². The van der Waals surface area contributed by atoms with Crippen molar-refractivity contribution >= 4 is 47.5 Å². The lowest BCUT2D eigenvalue weighted by Gasteiger charge is -2.15. The van der Waals surface area contributed by atoms with Crippen LogP contribution in [0.3, 0.4) is 0 Å². The van der Waals surface area contributed by atoms with Crippen molar-refractivity contribution in [1.29, 1.82) is 0 Å². The molecule has 8 nitrogen and oxygen atoms in total. The Balaban J connectivity index is 1.52. The van der Waals surface area contributed by atoms with Crippen LogP contribution in [0.25, 0.3) is 22.0 Å². The maximum atomic E-state index is 12.7. The number of hydrogen-bond acceptors (Lipinski definition) is 7. The van der Waals surface area contributed by atoms with Crippen molar-refractivity contribution in [3.05, 3.63) is 36.7 Å². The largest absolute Gasteiger partial charge is 0.459 e. The van der Waals surface area contributed by atoms with Crippen LogP contribution in [0.4, 0.5) is 30.6 Å². The number of nitrogens with one attached hydrogen (secondary N) is 2. The number of aromatic nitrogens is 4. The predicted octanol–water partition coefficient (Wildman–Crippen LogP) is 5.60. The molecule has 0 spiro atoms. The molecule has 4 aromatic rings. The molecule has 0 bridgehead atoms. The van der Waals surface area contributed by atoms with E-state index in [1.807, 2.05) is 18.2 Å². The van der Waals surface area contributed by atoms with E-state index in [1.54, 1.807) is 16.9 Å². The van der Waals surface area contributed by atoms with Gasteiger partial charge in [-0.1, -0.05) is 19.6 Å². The summed E-state index contributed by atoms with van der Waals surface area (Å²) >= 11 is 0. The summed E-state index contributed by atoms with van der Waals surface area (Å²) in [4.78, 5) is 8.50. The molecule has 0 fully saturated rings. The average Bonchev–Trinajstić information content (AvgIpc) is 3.35. The van der Waals surface area contributed by atoms with Gasteiger partial charge < -0.3 is 19.8 Å². The molecule has 0 aliphatic heterocycles. The summed E-state index contributed by atoms with van der Waals surface area (Å²) in [6.45, 7) is 6.67. The van der Waals surface area contributed by atoms with E-state index in [-0.39, 0.29) is 17.3 Å². The fourth-order valence-corrected chi connectivity index (χ4v) is 3.89. The van der Waals surface area contributed by atoms with Crippen molar-refractivity contribution in [2.24, 2.45) is 0 Å². The highest BCUT2D eigenvalue weighted by atomic mass is 28.3. The number of furan rings is 1. The van der Waals surface area contributed by atoms with E-state index in [9.17, 15) is 13.2 Å². The third kappa shape index (κ3) is 6.02. The number of halogens is 3. The maximum Gasteiger partial charge on any atom is 0.405 e. The van der Waals surface area contributed by atoms with E-state index in [0.29, 0.717) is 24.5 Å². The van der Waals surface area contributed by atoms with E-state index < -0.39 is 20.8 Å². The van der Waals surface area contributed by atoms with E-state index >= 15 is 0 Å². The van der Waals surface area contributed by atoms with E-state index in [4.69, 9.17) is 9.15 Å². The minimum absolute atomic E-state index is 0.0354. The summed E-state index contributed by atoms with van der Waals surface area (Å²) in [7, 11) is -1.17. The van der Waals surface area contributed by atoms with E-state index in [2.05, 4.69) is 45.3 Å². The van der Waals surface area contributed by atoms with Crippen LogP contribution in [0.1, 0.15) is 0 Å². The Bertz CT molecular complexity index is 1250. The number of anilines is 3. The molecule has 0 unspecified atom stereocenters.